The molecule has 0 aromatic carbocycles. The predicted octanol–water partition coefficient (Wildman–Crippen LogP) is -1.18. The minimum absolute atomic E-state index is 0.0880. The Morgan fingerprint density at radius 3 is 2.81 bits per heavy atom. The third-order valence-electron chi connectivity index (χ3n) is 5.08. The Morgan fingerprint density at radius 1 is 1.27 bits per heavy atom. The number of hydrogen-bond donors (Lipinski definition) is 2. The molecule has 1 aromatic heterocycles. The molecule has 9 nitrogen and oxygen atoms in total. The third-order valence-corrected chi connectivity index (χ3v) is 5.08. The molecule has 0 aliphatic carbocycles. The summed E-state index contributed by atoms with van der Waals surface area (Å²) in [6.45, 7) is 3.43. The molecule has 3 rings (SSSR count). The minimum atomic E-state index is -0.356. The second-order valence-corrected chi connectivity index (χ2v) is 6.93. The molecule has 142 valence electrons. The lowest BCUT2D eigenvalue weighted by molar-refractivity contribution is -0.138. The van der Waals surface area contributed by atoms with Gasteiger partial charge in [-0.1, -0.05) is 0 Å². The van der Waals surface area contributed by atoms with Gasteiger partial charge in [-0.2, -0.15) is 0 Å². The first-order valence-electron chi connectivity index (χ1n) is 9.05. The van der Waals surface area contributed by atoms with E-state index in [1.54, 1.807) is 13.2 Å². The van der Waals surface area contributed by atoms with Crippen molar-refractivity contribution in [3.05, 3.63) is 17.7 Å². The average Bonchev–Trinajstić information content (AvgIpc) is 2.93. The van der Waals surface area contributed by atoms with Gasteiger partial charge in [-0.15, -0.1) is 0 Å². The van der Waals surface area contributed by atoms with Crippen molar-refractivity contribution < 1.29 is 14.4 Å². The van der Waals surface area contributed by atoms with Crippen LogP contribution in [0.25, 0.3) is 0 Å². The number of rotatable bonds is 4. The van der Waals surface area contributed by atoms with Gasteiger partial charge in [0.2, 0.25) is 11.8 Å². The lowest BCUT2D eigenvalue weighted by Crippen LogP contribution is -2.47. The van der Waals surface area contributed by atoms with E-state index in [0.717, 1.165) is 25.2 Å². The molecule has 9 heteroatoms. The van der Waals surface area contributed by atoms with Gasteiger partial charge in [-0.25, -0.2) is 4.98 Å². The highest BCUT2D eigenvalue weighted by Crippen LogP contribution is 2.20. The van der Waals surface area contributed by atoms with Crippen LogP contribution in [0.4, 0.5) is 0 Å². The summed E-state index contributed by atoms with van der Waals surface area (Å²) in [5.74, 6) is 0.324. The lowest BCUT2D eigenvalue weighted by Gasteiger charge is -2.34. The topological polar surface area (TPSA) is 114 Å². The molecule has 0 spiro atoms. The van der Waals surface area contributed by atoms with Crippen molar-refractivity contribution in [2.75, 3.05) is 39.8 Å². The van der Waals surface area contributed by atoms with Crippen LogP contribution in [0.15, 0.2) is 6.20 Å². The number of nitrogens with one attached hydrogen (secondary N) is 1. The third kappa shape index (κ3) is 4.04. The Hall–Kier alpha value is -2.42. The van der Waals surface area contributed by atoms with Crippen molar-refractivity contribution in [2.24, 2.45) is 11.7 Å². The number of carbonyl (C=O) groups is 3. The van der Waals surface area contributed by atoms with Gasteiger partial charge in [0.1, 0.15) is 11.5 Å². The predicted molar refractivity (Wildman–Crippen MR) is 94.3 cm³/mol. The van der Waals surface area contributed by atoms with E-state index in [0.29, 0.717) is 38.3 Å². The first-order chi connectivity index (χ1) is 12.5. The minimum Gasteiger partial charge on any atom is -0.369 e. The summed E-state index contributed by atoms with van der Waals surface area (Å²) in [6, 6.07) is 0. The molecule has 2 aliphatic heterocycles. The first kappa shape index (κ1) is 18.4. The Labute approximate surface area is 152 Å². The molecule has 26 heavy (non-hydrogen) atoms. The molecule has 3 heterocycles. The molecule has 2 aliphatic rings. The summed E-state index contributed by atoms with van der Waals surface area (Å²) in [6.07, 6.45) is 4.11. The Morgan fingerprint density at radius 2 is 2.08 bits per heavy atom. The number of carbonyl (C=O) groups excluding carboxylic acids is 3. The van der Waals surface area contributed by atoms with E-state index in [4.69, 9.17) is 5.73 Å². The van der Waals surface area contributed by atoms with E-state index in [9.17, 15) is 14.4 Å². The molecule has 1 unspecified atom stereocenters. The van der Waals surface area contributed by atoms with Crippen LogP contribution in [0, 0.1) is 5.92 Å². The van der Waals surface area contributed by atoms with Crippen LogP contribution in [0.5, 0.6) is 0 Å². The summed E-state index contributed by atoms with van der Waals surface area (Å²) in [7, 11) is 1.58. The van der Waals surface area contributed by atoms with Crippen molar-refractivity contribution in [1.29, 1.82) is 0 Å². The summed E-state index contributed by atoms with van der Waals surface area (Å²) < 4.78 is 1.96. The molecule has 0 bridgehead atoms. The summed E-state index contributed by atoms with van der Waals surface area (Å²) in [5, 5.41) is 2.58. The monoisotopic (exact) mass is 362 g/mol. The quantitative estimate of drug-likeness (QED) is 0.700. The van der Waals surface area contributed by atoms with Crippen molar-refractivity contribution in [2.45, 2.75) is 25.8 Å². The molecule has 3 N–H and O–H groups in total. The van der Waals surface area contributed by atoms with E-state index in [1.165, 1.54) is 0 Å². The van der Waals surface area contributed by atoms with Gasteiger partial charge < -0.3 is 20.5 Å². The number of primary amides is 1. The molecule has 1 fully saturated rings. The Kier molecular flexibility index (Phi) is 5.55. The van der Waals surface area contributed by atoms with Crippen molar-refractivity contribution in [1.82, 2.24) is 24.7 Å². The Balaban J connectivity index is 1.60. The van der Waals surface area contributed by atoms with Crippen LogP contribution < -0.4 is 11.1 Å². The standard InChI is InChI=1S/C17H26N6O3/c1-19-16(25)13-10-23-8-7-22(6-4-15(23)20-13)17(26)12-3-2-5-21(9-12)11-14(18)24/h10,12H,2-9,11H2,1H3,(H2,18,24)(H,19,25). The van der Waals surface area contributed by atoms with Gasteiger partial charge in [-0.05, 0) is 19.4 Å². The molecular formula is C17H26N6O3. The maximum Gasteiger partial charge on any atom is 0.271 e. The zero-order valence-electron chi connectivity index (χ0n) is 15.1. The van der Waals surface area contributed by atoms with Crippen LogP contribution in [0.2, 0.25) is 0 Å². The van der Waals surface area contributed by atoms with Crippen LogP contribution in [0.1, 0.15) is 29.2 Å². The van der Waals surface area contributed by atoms with Gasteiger partial charge in [0.05, 0.1) is 12.5 Å². The fraction of sp³-hybridized carbons (Fsp3) is 0.647. The van der Waals surface area contributed by atoms with E-state index in [-0.39, 0.29) is 30.2 Å². The van der Waals surface area contributed by atoms with Crippen LogP contribution in [-0.2, 0) is 22.6 Å². The summed E-state index contributed by atoms with van der Waals surface area (Å²) in [5.41, 5.74) is 5.69. The highest BCUT2D eigenvalue weighted by atomic mass is 16.2. The van der Waals surface area contributed by atoms with Crippen LogP contribution in [0.3, 0.4) is 0 Å². The highest BCUT2D eigenvalue weighted by Gasteiger charge is 2.31. The largest absolute Gasteiger partial charge is 0.369 e. The molecular weight excluding hydrogens is 336 g/mol. The number of hydrogen-bond acceptors (Lipinski definition) is 5. The average molecular weight is 362 g/mol. The van der Waals surface area contributed by atoms with Crippen LogP contribution in [-0.4, -0.2) is 76.8 Å². The molecule has 1 atom stereocenters. The van der Waals surface area contributed by atoms with Crippen LogP contribution >= 0.6 is 0 Å². The van der Waals surface area contributed by atoms with E-state index in [2.05, 4.69) is 10.3 Å². The van der Waals surface area contributed by atoms with E-state index < -0.39 is 0 Å². The maximum atomic E-state index is 12.9. The van der Waals surface area contributed by atoms with Crippen molar-refractivity contribution in [3.63, 3.8) is 0 Å². The number of likely N-dealkylation sites (tertiary alicyclic amines) is 1. The lowest BCUT2D eigenvalue weighted by atomic mass is 9.96. The van der Waals surface area contributed by atoms with E-state index in [1.807, 2.05) is 14.4 Å². The molecule has 3 amide bonds. The van der Waals surface area contributed by atoms with Crippen molar-refractivity contribution >= 4 is 17.7 Å². The van der Waals surface area contributed by atoms with Gasteiger partial charge >= 0.3 is 0 Å². The number of aromatic nitrogens is 2. The van der Waals surface area contributed by atoms with Crippen molar-refractivity contribution in [3.8, 4) is 0 Å². The maximum absolute atomic E-state index is 12.9. The fourth-order valence-electron chi connectivity index (χ4n) is 3.76. The first-order valence-corrected chi connectivity index (χ1v) is 9.05. The second-order valence-electron chi connectivity index (χ2n) is 6.93. The molecule has 0 radical (unpaired) electrons. The number of amides is 3. The molecule has 1 aromatic rings. The van der Waals surface area contributed by atoms with Gasteiger partial charge in [0.15, 0.2) is 0 Å². The normalized spacial score (nSPS) is 21.0. The van der Waals surface area contributed by atoms with E-state index >= 15 is 0 Å². The number of nitrogens with zero attached hydrogens (tertiary/aromatic N) is 4. The number of fused-ring (bicyclic) bond motifs is 1. The van der Waals surface area contributed by atoms with Gasteiger partial charge in [-0.3, -0.25) is 19.3 Å². The number of imidazole rings is 1. The second kappa shape index (κ2) is 7.86. The zero-order valence-corrected chi connectivity index (χ0v) is 15.1. The fourth-order valence-corrected chi connectivity index (χ4v) is 3.76. The summed E-state index contributed by atoms with van der Waals surface area (Å²) >= 11 is 0. The summed E-state index contributed by atoms with van der Waals surface area (Å²) in [4.78, 5) is 44.0. The molecule has 1 saturated heterocycles. The zero-order chi connectivity index (χ0) is 18.7. The van der Waals surface area contributed by atoms with Gasteiger partial charge in [0, 0.05) is 45.8 Å². The Bertz CT molecular complexity index is 675. The molecule has 0 saturated carbocycles. The number of piperidine rings is 1. The smallest absolute Gasteiger partial charge is 0.271 e. The highest BCUT2D eigenvalue weighted by molar-refractivity contribution is 5.91. The SMILES string of the molecule is CNC(=O)c1cn2c(n1)CCN(C(=O)C1CCCN(CC(N)=O)C1)CC2. The number of nitrogens with two attached hydrogens (primary N) is 1. The van der Waals surface area contributed by atoms with Gasteiger partial charge in [0.25, 0.3) is 5.91 Å².